The van der Waals surface area contributed by atoms with Gasteiger partial charge in [-0.25, -0.2) is 4.98 Å². The van der Waals surface area contributed by atoms with E-state index in [-0.39, 0.29) is 0 Å². The number of halogens is 1. The van der Waals surface area contributed by atoms with E-state index in [1.54, 1.807) is 0 Å². The van der Waals surface area contributed by atoms with Crippen molar-refractivity contribution in [1.82, 2.24) is 9.55 Å². The summed E-state index contributed by atoms with van der Waals surface area (Å²) in [4.78, 5) is 4.75. The number of fused-ring (bicyclic) bond motifs is 1. The van der Waals surface area contributed by atoms with Crippen LogP contribution in [-0.2, 0) is 13.6 Å². The molecule has 0 aliphatic heterocycles. The van der Waals surface area contributed by atoms with Crippen LogP contribution in [-0.4, -0.2) is 9.55 Å². The zero-order valence-electron chi connectivity index (χ0n) is 11.5. The van der Waals surface area contributed by atoms with Gasteiger partial charge in [-0.1, -0.05) is 35.9 Å². The first-order chi connectivity index (χ1) is 9.63. The predicted octanol–water partition coefficient (Wildman–Crippen LogP) is 3.66. The van der Waals surface area contributed by atoms with Crippen LogP contribution in [0.3, 0.4) is 0 Å². The zero-order valence-corrected chi connectivity index (χ0v) is 12.3. The highest BCUT2D eigenvalue weighted by molar-refractivity contribution is 6.34. The lowest BCUT2D eigenvalue weighted by molar-refractivity contribution is 0.959. The zero-order chi connectivity index (χ0) is 14.3. The summed E-state index contributed by atoms with van der Waals surface area (Å²) in [5.74, 6) is 0.870. The number of aromatic nitrogens is 2. The van der Waals surface area contributed by atoms with Crippen molar-refractivity contribution in [2.75, 3.05) is 0 Å². The van der Waals surface area contributed by atoms with Crippen LogP contribution in [0.5, 0.6) is 0 Å². The second-order valence-corrected chi connectivity index (χ2v) is 5.30. The third kappa shape index (κ3) is 1.90. The minimum absolute atomic E-state index is 0.481. The topological polar surface area (TPSA) is 43.8 Å². The molecule has 2 aromatic carbocycles. The average molecular weight is 286 g/mol. The van der Waals surface area contributed by atoms with Gasteiger partial charge in [0.25, 0.3) is 0 Å². The SMILES string of the molecule is Cc1cccc(-c2nc3c(CN)cccc3n2C)c1Cl. The largest absolute Gasteiger partial charge is 0.327 e. The summed E-state index contributed by atoms with van der Waals surface area (Å²) in [7, 11) is 2.00. The fourth-order valence-electron chi connectivity index (χ4n) is 2.50. The van der Waals surface area contributed by atoms with Gasteiger partial charge in [-0.2, -0.15) is 0 Å². The van der Waals surface area contributed by atoms with Crippen LogP contribution in [0.4, 0.5) is 0 Å². The van der Waals surface area contributed by atoms with E-state index in [2.05, 4.69) is 10.6 Å². The number of nitrogens with zero attached hydrogens (tertiary/aromatic N) is 2. The van der Waals surface area contributed by atoms with Crippen LogP contribution >= 0.6 is 11.6 Å². The van der Waals surface area contributed by atoms with Gasteiger partial charge in [0.15, 0.2) is 0 Å². The molecule has 0 unspecified atom stereocenters. The highest BCUT2D eigenvalue weighted by atomic mass is 35.5. The van der Waals surface area contributed by atoms with Gasteiger partial charge in [0.2, 0.25) is 0 Å². The molecule has 0 amide bonds. The number of hydrogen-bond donors (Lipinski definition) is 1. The molecule has 102 valence electrons. The Kier molecular flexibility index (Phi) is 3.24. The third-order valence-electron chi connectivity index (χ3n) is 3.65. The molecule has 1 heterocycles. The van der Waals surface area contributed by atoms with Gasteiger partial charge >= 0.3 is 0 Å². The van der Waals surface area contributed by atoms with Gasteiger partial charge in [-0.15, -0.1) is 0 Å². The number of hydrogen-bond acceptors (Lipinski definition) is 2. The van der Waals surface area contributed by atoms with Gasteiger partial charge in [0.1, 0.15) is 5.82 Å². The molecular weight excluding hydrogens is 270 g/mol. The summed E-state index contributed by atoms with van der Waals surface area (Å²) in [6.07, 6.45) is 0. The monoisotopic (exact) mass is 285 g/mol. The van der Waals surface area contributed by atoms with Gasteiger partial charge in [-0.05, 0) is 30.2 Å². The molecule has 0 atom stereocenters. The summed E-state index contributed by atoms with van der Waals surface area (Å²) in [5.41, 5.74) is 10.9. The van der Waals surface area contributed by atoms with E-state index in [1.807, 2.05) is 44.3 Å². The Labute approximate surface area is 123 Å². The molecule has 3 aromatic rings. The quantitative estimate of drug-likeness (QED) is 0.781. The lowest BCUT2D eigenvalue weighted by Crippen LogP contribution is -1.97. The number of para-hydroxylation sites is 1. The Morgan fingerprint density at radius 1 is 1.20 bits per heavy atom. The number of imidazole rings is 1. The highest BCUT2D eigenvalue weighted by Gasteiger charge is 2.15. The molecule has 3 nitrogen and oxygen atoms in total. The van der Waals surface area contributed by atoms with Crippen molar-refractivity contribution in [2.24, 2.45) is 12.8 Å². The first kappa shape index (κ1) is 13.2. The Hall–Kier alpha value is -1.84. The average Bonchev–Trinajstić information content (AvgIpc) is 2.79. The summed E-state index contributed by atoms with van der Waals surface area (Å²) in [6.45, 7) is 2.48. The van der Waals surface area contributed by atoms with Gasteiger partial charge < -0.3 is 10.3 Å². The van der Waals surface area contributed by atoms with E-state index in [0.29, 0.717) is 6.54 Å². The van der Waals surface area contributed by atoms with Crippen LogP contribution in [0.25, 0.3) is 22.4 Å². The number of rotatable bonds is 2. The molecule has 3 rings (SSSR count). The van der Waals surface area contributed by atoms with Crippen LogP contribution in [0, 0.1) is 6.92 Å². The maximum Gasteiger partial charge on any atom is 0.142 e. The Balaban J connectivity index is 2.32. The molecule has 0 spiro atoms. The Morgan fingerprint density at radius 2 is 1.95 bits per heavy atom. The molecule has 0 aliphatic carbocycles. The van der Waals surface area contributed by atoms with Gasteiger partial charge in [-0.3, -0.25) is 0 Å². The van der Waals surface area contributed by atoms with E-state index in [1.165, 1.54) is 0 Å². The van der Waals surface area contributed by atoms with E-state index >= 15 is 0 Å². The van der Waals surface area contributed by atoms with Crippen molar-refractivity contribution in [3.05, 3.63) is 52.5 Å². The number of aryl methyl sites for hydroxylation is 2. The lowest BCUT2D eigenvalue weighted by Gasteiger charge is -2.06. The Bertz CT molecular complexity index is 790. The molecule has 0 saturated heterocycles. The fourth-order valence-corrected chi connectivity index (χ4v) is 2.71. The molecule has 0 saturated carbocycles. The van der Waals surface area contributed by atoms with Crippen molar-refractivity contribution >= 4 is 22.6 Å². The highest BCUT2D eigenvalue weighted by Crippen LogP contribution is 2.32. The summed E-state index contributed by atoms with van der Waals surface area (Å²) >= 11 is 6.42. The van der Waals surface area contributed by atoms with Crippen LogP contribution < -0.4 is 5.73 Å². The molecule has 0 bridgehead atoms. The minimum Gasteiger partial charge on any atom is -0.327 e. The molecule has 20 heavy (non-hydrogen) atoms. The Morgan fingerprint density at radius 3 is 2.70 bits per heavy atom. The predicted molar refractivity (Wildman–Crippen MR) is 83.8 cm³/mol. The lowest BCUT2D eigenvalue weighted by atomic mass is 10.1. The molecule has 0 radical (unpaired) electrons. The second kappa shape index (κ2) is 4.93. The van der Waals surface area contributed by atoms with Crippen molar-refractivity contribution in [1.29, 1.82) is 0 Å². The van der Waals surface area contributed by atoms with Crippen LogP contribution in [0.1, 0.15) is 11.1 Å². The summed E-state index contributed by atoms with van der Waals surface area (Å²) in [6, 6.07) is 12.1. The number of nitrogens with two attached hydrogens (primary N) is 1. The van der Waals surface area contributed by atoms with E-state index in [9.17, 15) is 0 Å². The normalized spacial score (nSPS) is 11.2. The maximum atomic E-state index is 6.42. The van der Waals surface area contributed by atoms with Gasteiger partial charge in [0.05, 0.1) is 16.1 Å². The van der Waals surface area contributed by atoms with E-state index in [0.717, 1.165) is 38.6 Å². The number of benzene rings is 2. The maximum absolute atomic E-state index is 6.42. The third-order valence-corrected chi connectivity index (χ3v) is 4.15. The fraction of sp³-hybridized carbons (Fsp3) is 0.188. The first-order valence-corrected chi connectivity index (χ1v) is 6.91. The molecule has 4 heteroatoms. The van der Waals surface area contributed by atoms with E-state index in [4.69, 9.17) is 22.3 Å². The van der Waals surface area contributed by atoms with E-state index < -0.39 is 0 Å². The minimum atomic E-state index is 0.481. The molecule has 0 aliphatic rings. The molecule has 1 aromatic heterocycles. The van der Waals surface area contributed by atoms with Gasteiger partial charge in [0, 0.05) is 19.2 Å². The van der Waals surface area contributed by atoms with Crippen LogP contribution in [0.15, 0.2) is 36.4 Å². The molecule has 0 fully saturated rings. The summed E-state index contributed by atoms with van der Waals surface area (Å²) < 4.78 is 2.06. The molecular formula is C16H16ClN3. The van der Waals surface area contributed by atoms with Crippen molar-refractivity contribution in [2.45, 2.75) is 13.5 Å². The first-order valence-electron chi connectivity index (χ1n) is 6.53. The summed E-state index contributed by atoms with van der Waals surface area (Å²) in [5, 5.41) is 0.750. The van der Waals surface area contributed by atoms with Crippen LogP contribution in [0.2, 0.25) is 5.02 Å². The second-order valence-electron chi connectivity index (χ2n) is 4.92. The van der Waals surface area contributed by atoms with Crippen molar-refractivity contribution in [3.63, 3.8) is 0 Å². The standard InChI is InChI=1S/C16H16ClN3/c1-10-5-3-7-12(14(10)17)16-19-15-11(9-18)6-4-8-13(15)20(16)2/h3-8H,9,18H2,1-2H3. The smallest absolute Gasteiger partial charge is 0.142 e. The van der Waals surface area contributed by atoms with Crippen molar-refractivity contribution in [3.8, 4) is 11.4 Å². The van der Waals surface area contributed by atoms with Crippen molar-refractivity contribution < 1.29 is 0 Å². The molecule has 2 N–H and O–H groups in total.